The molecule has 39 heavy (non-hydrogen) atoms. The maximum absolute atomic E-state index is 12.9. The fraction of sp³-hybridized carbons (Fsp3) is 0.281. The summed E-state index contributed by atoms with van der Waals surface area (Å²) in [6.45, 7) is 11.2. The number of carbonyl (C=O) groups excluding carboxylic acids is 1. The van der Waals surface area contributed by atoms with Gasteiger partial charge in [0.25, 0.3) is 0 Å². The zero-order valence-electron chi connectivity index (χ0n) is 23.2. The minimum absolute atomic E-state index is 0.0393. The van der Waals surface area contributed by atoms with Crippen LogP contribution < -0.4 is 10.6 Å². The molecule has 3 heterocycles. The lowest BCUT2D eigenvalue weighted by molar-refractivity contribution is -0.116. The molecule has 2 atom stereocenters. The smallest absolute Gasteiger partial charge is 0.226 e. The molecule has 0 bridgehead atoms. The summed E-state index contributed by atoms with van der Waals surface area (Å²) in [5, 5.41) is 7.17. The molecule has 1 amide bonds. The number of thiocarbonyl (C=S) groups is 1. The molecular formula is C32H35N5OS. The van der Waals surface area contributed by atoms with Gasteiger partial charge in [-0.2, -0.15) is 0 Å². The van der Waals surface area contributed by atoms with Crippen LogP contribution in [0.2, 0.25) is 0 Å². The molecule has 1 aliphatic rings. The van der Waals surface area contributed by atoms with E-state index in [1.54, 1.807) is 0 Å². The van der Waals surface area contributed by atoms with Crippen LogP contribution in [0.5, 0.6) is 0 Å². The van der Waals surface area contributed by atoms with E-state index in [9.17, 15) is 4.79 Å². The van der Waals surface area contributed by atoms with Gasteiger partial charge in [-0.05, 0) is 99.9 Å². The maximum Gasteiger partial charge on any atom is 0.226 e. The van der Waals surface area contributed by atoms with Gasteiger partial charge in [0, 0.05) is 41.9 Å². The van der Waals surface area contributed by atoms with E-state index in [1.807, 2.05) is 55.6 Å². The number of rotatable bonds is 7. The third kappa shape index (κ3) is 5.32. The summed E-state index contributed by atoms with van der Waals surface area (Å²) >= 11 is 5.85. The molecule has 0 radical (unpaired) electrons. The van der Waals surface area contributed by atoms with Gasteiger partial charge < -0.3 is 20.1 Å². The van der Waals surface area contributed by atoms with Crippen molar-refractivity contribution in [3.05, 3.63) is 112 Å². The van der Waals surface area contributed by atoms with Crippen molar-refractivity contribution in [1.82, 2.24) is 19.8 Å². The minimum Gasteiger partial charge on any atom is -0.352 e. The average Bonchev–Trinajstić information content (AvgIpc) is 3.40. The summed E-state index contributed by atoms with van der Waals surface area (Å²) < 4.78 is 2.33. The zero-order chi connectivity index (χ0) is 27.7. The van der Waals surface area contributed by atoms with Gasteiger partial charge in [0.2, 0.25) is 5.91 Å². The number of benzene rings is 2. The first-order valence-corrected chi connectivity index (χ1v) is 13.8. The maximum atomic E-state index is 12.9. The minimum atomic E-state index is -0.133. The molecule has 0 unspecified atom stereocenters. The Morgan fingerprint density at radius 2 is 1.77 bits per heavy atom. The number of amides is 1. The second-order valence-corrected chi connectivity index (χ2v) is 10.8. The van der Waals surface area contributed by atoms with Crippen LogP contribution in [0, 0.1) is 34.6 Å². The first-order valence-electron chi connectivity index (χ1n) is 13.3. The lowest BCUT2D eigenvalue weighted by Gasteiger charge is -2.28. The highest BCUT2D eigenvalue weighted by molar-refractivity contribution is 7.80. The number of hydrogen-bond acceptors (Lipinski definition) is 3. The number of aryl methyl sites for hydroxylation is 3. The highest BCUT2D eigenvalue weighted by atomic mass is 32.1. The molecule has 2 aromatic heterocycles. The average molecular weight is 538 g/mol. The predicted octanol–water partition coefficient (Wildman–Crippen LogP) is 6.42. The van der Waals surface area contributed by atoms with Crippen molar-refractivity contribution in [2.75, 3.05) is 11.9 Å². The molecule has 0 aliphatic carbocycles. The monoisotopic (exact) mass is 537 g/mol. The second-order valence-electron chi connectivity index (χ2n) is 10.4. The van der Waals surface area contributed by atoms with E-state index >= 15 is 0 Å². The molecule has 1 saturated heterocycles. The highest BCUT2D eigenvalue weighted by Crippen LogP contribution is 2.41. The SMILES string of the molecule is Cc1ccc(NC(=O)CCN2C(=S)N[C@@H](c3ccccn3)[C@H]2c2cc(C)n(-c3cccc(C)c3C)c2C)cc1. The first-order chi connectivity index (χ1) is 18.7. The Balaban J connectivity index is 1.48. The Morgan fingerprint density at radius 3 is 2.49 bits per heavy atom. The van der Waals surface area contributed by atoms with Crippen LogP contribution in [0.4, 0.5) is 5.69 Å². The van der Waals surface area contributed by atoms with E-state index in [0.717, 1.165) is 28.3 Å². The molecule has 200 valence electrons. The summed E-state index contributed by atoms with van der Waals surface area (Å²) in [6, 6.07) is 22.2. The van der Waals surface area contributed by atoms with Crippen LogP contribution in [-0.2, 0) is 4.79 Å². The van der Waals surface area contributed by atoms with Crippen LogP contribution in [-0.4, -0.2) is 32.0 Å². The quantitative estimate of drug-likeness (QED) is 0.267. The molecule has 1 fully saturated rings. The number of pyridine rings is 1. The van der Waals surface area contributed by atoms with E-state index < -0.39 is 0 Å². The van der Waals surface area contributed by atoms with E-state index in [0.29, 0.717) is 18.1 Å². The zero-order valence-corrected chi connectivity index (χ0v) is 24.0. The molecule has 2 N–H and O–H groups in total. The third-order valence-electron chi connectivity index (χ3n) is 7.72. The van der Waals surface area contributed by atoms with Gasteiger partial charge in [0.15, 0.2) is 5.11 Å². The van der Waals surface area contributed by atoms with Gasteiger partial charge >= 0.3 is 0 Å². The lowest BCUT2D eigenvalue weighted by Crippen LogP contribution is -2.32. The van der Waals surface area contributed by atoms with Crippen molar-refractivity contribution in [2.24, 2.45) is 0 Å². The number of hydrogen-bond donors (Lipinski definition) is 2. The van der Waals surface area contributed by atoms with Crippen molar-refractivity contribution in [2.45, 2.75) is 53.1 Å². The summed E-state index contributed by atoms with van der Waals surface area (Å²) in [5.41, 5.74) is 10.1. The molecule has 5 rings (SSSR count). The normalized spacial score (nSPS) is 16.8. The molecular weight excluding hydrogens is 502 g/mol. The second kappa shape index (κ2) is 11.0. The van der Waals surface area contributed by atoms with Crippen LogP contribution in [0.3, 0.4) is 0 Å². The van der Waals surface area contributed by atoms with Gasteiger partial charge in [0.05, 0.1) is 17.8 Å². The Bertz CT molecular complexity index is 1510. The van der Waals surface area contributed by atoms with Gasteiger partial charge in [-0.25, -0.2) is 0 Å². The third-order valence-corrected chi connectivity index (χ3v) is 8.07. The summed E-state index contributed by atoms with van der Waals surface area (Å²) in [7, 11) is 0. The number of carbonyl (C=O) groups is 1. The Kier molecular flexibility index (Phi) is 7.53. The summed E-state index contributed by atoms with van der Waals surface area (Å²) in [6.07, 6.45) is 2.13. The van der Waals surface area contributed by atoms with E-state index in [1.165, 1.54) is 22.4 Å². The Labute approximate surface area is 236 Å². The molecule has 0 saturated carbocycles. The van der Waals surface area contributed by atoms with Gasteiger partial charge in [-0.15, -0.1) is 0 Å². The molecule has 2 aromatic carbocycles. The molecule has 4 aromatic rings. The van der Waals surface area contributed by atoms with Crippen molar-refractivity contribution < 1.29 is 4.79 Å². The predicted molar refractivity (Wildman–Crippen MR) is 161 cm³/mol. The largest absolute Gasteiger partial charge is 0.352 e. The van der Waals surface area contributed by atoms with Crippen LogP contribution in [0.1, 0.15) is 57.8 Å². The van der Waals surface area contributed by atoms with E-state index in [-0.39, 0.29) is 18.0 Å². The molecule has 6 nitrogen and oxygen atoms in total. The summed E-state index contributed by atoms with van der Waals surface area (Å²) in [4.78, 5) is 19.7. The highest BCUT2D eigenvalue weighted by Gasteiger charge is 2.41. The van der Waals surface area contributed by atoms with E-state index in [2.05, 4.69) is 77.0 Å². The first kappa shape index (κ1) is 26.6. The molecule has 7 heteroatoms. The number of nitrogens with one attached hydrogen (secondary N) is 2. The molecule has 0 spiro atoms. The topological polar surface area (TPSA) is 62.2 Å². The van der Waals surface area contributed by atoms with Crippen molar-refractivity contribution in [1.29, 1.82) is 0 Å². The number of anilines is 1. The van der Waals surface area contributed by atoms with Gasteiger partial charge in [-0.3, -0.25) is 9.78 Å². The Hall–Kier alpha value is -3.97. The molecule has 1 aliphatic heterocycles. The summed E-state index contributed by atoms with van der Waals surface area (Å²) in [5.74, 6) is -0.0393. The van der Waals surface area contributed by atoms with Gasteiger partial charge in [-0.1, -0.05) is 35.9 Å². The van der Waals surface area contributed by atoms with Crippen LogP contribution in [0.25, 0.3) is 5.69 Å². The fourth-order valence-electron chi connectivity index (χ4n) is 5.50. The fourth-order valence-corrected chi connectivity index (χ4v) is 5.83. The Morgan fingerprint density at radius 1 is 1.00 bits per heavy atom. The number of nitrogens with zero attached hydrogens (tertiary/aromatic N) is 3. The van der Waals surface area contributed by atoms with Crippen molar-refractivity contribution in [3.63, 3.8) is 0 Å². The standard InChI is InChI=1S/C32H35N5OS/c1-20-12-14-25(15-13-20)34-29(38)16-18-36-31(30(35-32(36)39)27-10-6-7-17-33-27)26-19-22(3)37(24(26)5)28-11-8-9-21(2)23(28)4/h6-15,17,19,30-31H,16,18H2,1-5H3,(H,34,38)(H,35,39)/t30-,31+/m0/s1. The lowest BCUT2D eigenvalue weighted by atomic mass is 9.96. The van der Waals surface area contributed by atoms with Crippen molar-refractivity contribution in [3.8, 4) is 5.69 Å². The van der Waals surface area contributed by atoms with Crippen LogP contribution >= 0.6 is 12.2 Å². The van der Waals surface area contributed by atoms with E-state index in [4.69, 9.17) is 12.2 Å². The number of aromatic nitrogens is 2. The van der Waals surface area contributed by atoms with Gasteiger partial charge in [0.1, 0.15) is 0 Å². The van der Waals surface area contributed by atoms with Crippen molar-refractivity contribution >= 4 is 28.9 Å². The van der Waals surface area contributed by atoms with Crippen LogP contribution in [0.15, 0.2) is 72.9 Å².